The van der Waals surface area contributed by atoms with E-state index in [1.807, 2.05) is 0 Å². The van der Waals surface area contributed by atoms with Crippen LogP contribution >= 0.6 is 15.9 Å². The van der Waals surface area contributed by atoms with E-state index in [4.69, 9.17) is 0 Å². The van der Waals surface area contributed by atoms with E-state index in [1.54, 1.807) is 26.0 Å². The lowest BCUT2D eigenvalue weighted by atomic mass is 9.88. The Bertz CT molecular complexity index is 414. The van der Waals surface area contributed by atoms with E-state index in [2.05, 4.69) is 15.9 Å². The number of Topliss-reactive ketones (excluding diaryl/α,β-unsaturated/α-hetero) is 1. The van der Waals surface area contributed by atoms with Gasteiger partial charge in [-0.3, -0.25) is 4.79 Å². The maximum Gasteiger partial charge on any atom is 0.168 e. The molecule has 2 nitrogen and oxygen atoms in total. The second-order valence-corrected chi connectivity index (χ2v) is 4.94. The fraction of sp³-hybridized carbons (Fsp3) is 0.462. The van der Waals surface area contributed by atoms with E-state index in [-0.39, 0.29) is 18.0 Å². The Morgan fingerprint density at radius 3 is 2.47 bits per heavy atom. The zero-order valence-electron chi connectivity index (χ0n) is 9.96. The first-order chi connectivity index (χ1) is 7.92. The fourth-order valence-corrected chi connectivity index (χ4v) is 2.07. The molecule has 17 heavy (non-hydrogen) atoms. The SMILES string of the molecule is CCC(O)(CC)C(=O)Cc1ccc(F)c(Br)c1. The lowest BCUT2D eigenvalue weighted by Gasteiger charge is -2.23. The lowest BCUT2D eigenvalue weighted by Crippen LogP contribution is -2.38. The van der Waals surface area contributed by atoms with E-state index in [0.717, 1.165) is 0 Å². The molecule has 94 valence electrons. The van der Waals surface area contributed by atoms with Gasteiger partial charge >= 0.3 is 0 Å². The second kappa shape index (κ2) is 5.74. The average molecular weight is 303 g/mol. The third-order valence-electron chi connectivity index (χ3n) is 3.04. The average Bonchev–Trinajstić information content (AvgIpc) is 2.32. The number of aliphatic hydroxyl groups is 1. The van der Waals surface area contributed by atoms with Crippen LogP contribution in [0.3, 0.4) is 0 Å². The van der Waals surface area contributed by atoms with Gasteiger partial charge in [-0.15, -0.1) is 0 Å². The molecule has 0 saturated heterocycles. The first-order valence-corrected chi connectivity index (χ1v) is 6.42. The molecule has 0 aliphatic heterocycles. The van der Waals surface area contributed by atoms with Gasteiger partial charge in [0.05, 0.1) is 4.47 Å². The van der Waals surface area contributed by atoms with Crippen LogP contribution in [0.15, 0.2) is 22.7 Å². The summed E-state index contributed by atoms with van der Waals surface area (Å²) in [6.07, 6.45) is 0.909. The topological polar surface area (TPSA) is 37.3 Å². The van der Waals surface area contributed by atoms with Crippen LogP contribution in [0.1, 0.15) is 32.3 Å². The van der Waals surface area contributed by atoms with Crippen LogP contribution in [0.25, 0.3) is 0 Å². The van der Waals surface area contributed by atoms with Gasteiger partial charge < -0.3 is 5.11 Å². The number of carbonyl (C=O) groups is 1. The van der Waals surface area contributed by atoms with E-state index < -0.39 is 5.60 Å². The molecule has 0 atom stereocenters. The largest absolute Gasteiger partial charge is 0.382 e. The van der Waals surface area contributed by atoms with Gasteiger partial charge in [0.15, 0.2) is 5.78 Å². The summed E-state index contributed by atoms with van der Waals surface area (Å²) in [5.41, 5.74) is -0.565. The van der Waals surface area contributed by atoms with Crippen molar-refractivity contribution < 1.29 is 14.3 Å². The lowest BCUT2D eigenvalue weighted by molar-refractivity contribution is -0.137. The van der Waals surface area contributed by atoms with Crippen LogP contribution in [0.5, 0.6) is 0 Å². The van der Waals surface area contributed by atoms with Crippen molar-refractivity contribution in [2.75, 3.05) is 0 Å². The Morgan fingerprint density at radius 1 is 1.41 bits per heavy atom. The first-order valence-electron chi connectivity index (χ1n) is 5.62. The molecule has 1 N–H and O–H groups in total. The maximum atomic E-state index is 13.0. The summed E-state index contributed by atoms with van der Waals surface area (Å²) in [7, 11) is 0. The Labute approximate surface area is 109 Å². The minimum absolute atomic E-state index is 0.122. The van der Waals surface area contributed by atoms with Crippen molar-refractivity contribution in [1.29, 1.82) is 0 Å². The molecule has 1 rings (SSSR count). The monoisotopic (exact) mass is 302 g/mol. The number of halogens is 2. The molecule has 0 spiro atoms. The third kappa shape index (κ3) is 3.36. The quantitative estimate of drug-likeness (QED) is 0.906. The molecular formula is C13H16BrFO2. The van der Waals surface area contributed by atoms with Gasteiger partial charge in [-0.2, -0.15) is 0 Å². The Balaban J connectivity index is 2.84. The van der Waals surface area contributed by atoms with Gasteiger partial charge in [0, 0.05) is 6.42 Å². The number of benzene rings is 1. The summed E-state index contributed by atoms with van der Waals surface area (Å²) in [4.78, 5) is 11.9. The predicted molar refractivity (Wildman–Crippen MR) is 68.3 cm³/mol. The second-order valence-electron chi connectivity index (χ2n) is 4.09. The molecule has 1 aromatic rings. The highest BCUT2D eigenvalue weighted by molar-refractivity contribution is 9.10. The highest BCUT2D eigenvalue weighted by atomic mass is 79.9. The zero-order chi connectivity index (χ0) is 13.1. The standard InChI is InChI=1S/C13H16BrFO2/c1-3-13(17,4-2)12(16)8-9-5-6-11(15)10(14)7-9/h5-7,17H,3-4,8H2,1-2H3. The van der Waals surface area contributed by atoms with Crippen molar-refractivity contribution in [1.82, 2.24) is 0 Å². The van der Waals surface area contributed by atoms with Crippen LogP contribution < -0.4 is 0 Å². The predicted octanol–water partition coefficient (Wildman–Crippen LogP) is 3.25. The highest BCUT2D eigenvalue weighted by Gasteiger charge is 2.31. The van der Waals surface area contributed by atoms with Crippen LogP contribution in [0, 0.1) is 5.82 Å². The Kier molecular flexibility index (Phi) is 4.83. The van der Waals surface area contributed by atoms with Gasteiger partial charge in [0.1, 0.15) is 11.4 Å². The number of hydrogen-bond acceptors (Lipinski definition) is 2. The summed E-state index contributed by atoms with van der Waals surface area (Å²) in [5.74, 6) is -0.580. The fourth-order valence-electron chi connectivity index (χ4n) is 1.64. The molecular weight excluding hydrogens is 287 g/mol. The molecule has 0 unspecified atom stereocenters. The number of hydrogen-bond donors (Lipinski definition) is 1. The van der Waals surface area contributed by atoms with Gasteiger partial charge in [0.25, 0.3) is 0 Å². The third-order valence-corrected chi connectivity index (χ3v) is 3.65. The normalized spacial score (nSPS) is 11.6. The van der Waals surface area contributed by atoms with Crippen molar-refractivity contribution in [3.8, 4) is 0 Å². The molecule has 0 aliphatic carbocycles. The van der Waals surface area contributed by atoms with E-state index in [9.17, 15) is 14.3 Å². The van der Waals surface area contributed by atoms with Gasteiger partial charge in [-0.25, -0.2) is 4.39 Å². The molecule has 4 heteroatoms. The zero-order valence-corrected chi connectivity index (χ0v) is 11.6. The molecule has 0 radical (unpaired) electrons. The van der Waals surface area contributed by atoms with E-state index in [0.29, 0.717) is 22.9 Å². The molecule has 0 saturated carbocycles. The summed E-state index contributed by atoms with van der Waals surface area (Å²) < 4.78 is 13.4. The molecule has 0 bridgehead atoms. The van der Waals surface area contributed by atoms with Gasteiger partial charge in [-0.1, -0.05) is 19.9 Å². The summed E-state index contributed by atoms with van der Waals surface area (Å²) in [6.45, 7) is 3.56. The van der Waals surface area contributed by atoms with Gasteiger partial charge in [-0.05, 0) is 46.5 Å². The van der Waals surface area contributed by atoms with E-state index in [1.165, 1.54) is 6.07 Å². The first kappa shape index (κ1) is 14.3. The van der Waals surface area contributed by atoms with Crippen molar-refractivity contribution >= 4 is 21.7 Å². The van der Waals surface area contributed by atoms with Crippen molar-refractivity contribution in [3.63, 3.8) is 0 Å². The number of carbonyl (C=O) groups excluding carboxylic acids is 1. The summed E-state index contributed by atoms with van der Waals surface area (Å²) in [5, 5.41) is 10.0. The molecule has 0 amide bonds. The van der Waals surface area contributed by atoms with Crippen LogP contribution in [-0.2, 0) is 11.2 Å². The minimum Gasteiger partial charge on any atom is -0.382 e. The van der Waals surface area contributed by atoms with Crippen molar-refractivity contribution in [3.05, 3.63) is 34.1 Å². The van der Waals surface area contributed by atoms with Crippen LogP contribution in [0.4, 0.5) is 4.39 Å². The molecule has 0 fully saturated rings. The highest BCUT2D eigenvalue weighted by Crippen LogP contribution is 2.21. The number of rotatable bonds is 5. The van der Waals surface area contributed by atoms with Crippen LogP contribution in [0.2, 0.25) is 0 Å². The Hall–Kier alpha value is -0.740. The number of ketones is 1. The maximum absolute atomic E-state index is 13.0. The van der Waals surface area contributed by atoms with Crippen molar-refractivity contribution in [2.45, 2.75) is 38.7 Å². The summed E-state index contributed by atoms with van der Waals surface area (Å²) in [6, 6.07) is 4.44. The molecule has 0 heterocycles. The van der Waals surface area contributed by atoms with Crippen LogP contribution in [-0.4, -0.2) is 16.5 Å². The molecule has 0 aliphatic rings. The van der Waals surface area contributed by atoms with Gasteiger partial charge in [0.2, 0.25) is 0 Å². The molecule has 1 aromatic carbocycles. The smallest absolute Gasteiger partial charge is 0.168 e. The minimum atomic E-state index is -1.26. The van der Waals surface area contributed by atoms with Crippen molar-refractivity contribution in [2.24, 2.45) is 0 Å². The van der Waals surface area contributed by atoms with E-state index >= 15 is 0 Å². The Morgan fingerprint density at radius 2 is 2.00 bits per heavy atom. The summed E-state index contributed by atoms with van der Waals surface area (Å²) >= 11 is 3.07. The molecule has 0 aromatic heterocycles.